The number of aromatic amines is 1. The Labute approximate surface area is 140 Å². The van der Waals surface area contributed by atoms with Crippen LogP contribution < -0.4 is 5.56 Å². The molecule has 23 heavy (non-hydrogen) atoms. The van der Waals surface area contributed by atoms with Crippen molar-refractivity contribution in [3.05, 3.63) is 69.4 Å². The zero-order chi connectivity index (χ0) is 15.8. The van der Waals surface area contributed by atoms with E-state index in [9.17, 15) is 4.79 Å². The van der Waals surface area contributed by atoms with Gasteiger partial charge in [0.2, 0.25) is 0 Å². The molecule has 4 rings (SSSR count). The van der Waals surface area contributed by atoms with Gasteiger partial charge in [-0.2, -0.15) is 0 Å². The van der Waals surface area contributed by atoms with Gasteiger partial charge in [0.1, 0.15) is 10.5 Å². The van der Waals surface area contributed by atoms with Gasteiger partial charge in [0.15, 0.2) is 5.82 Å². The molecule has 4 nitrogen and oxygen atoms in total. The fourth-order valence-corrected chi connectivity index (χ4v) is 3.49. The number of hydrogen-bond donors (Lipinski definition) is 1. The van der Waals surface area contributed by atoms with Crippen molar-refractivity contribution in [2.45, 2.75) is 0 Å². The molecule has 112 valence electrons. The van der Waals surface area contributed by atoms with Gasteiger partial charge in [0, 0.05) is 22.2 Å². The first-order valence-corrected chi connectivity index (χ1v) is 8.17. The number of fused-ring (bicyclic) bond motifs is 1. The van der Waals surface area contributed by atoms with E-state index in [2.05, 4.69) is 15.0 Å². The molecule has 0 fully saturated rings. The van der Waals surface area contributed by atoms with E-state index in [0.29, 0.717) is 26.8 Å². The number of nitrogens with one attached hydrogen (secondary N) is 1. The smallest absolute Gasteiger partial charge is 0.260 e. The molecule has 0 radical (unpaired) electrons. The summed E-state index contributed by atoms with van der Waals surface area (Å²) >= 11 is 7.37. The third-order valence-corrected chi connectivity index (χ3v) is 4.63. The second kappa shape index (κ2) is 5.61. The van der Waals surface area contributed by atoms with Crippen LogP contribution in [-0.4, -0.2) is 15.0 Å². The quantitative estimate of drug-likeness (QED) is 0.590. The monoisotopic (exact) mass is 339 g/mol. The summed E-state index contributed by atoms with van der Waals surface area (Å²) in [5, 5.41) is 3.20. The van der Waals surface area contributed by atoms with E-state index in [4.69, 9.17) is 11.6 Å². The van der Waals surface area contributed by atoms with Crippen LogP contribution in [0.3, 0.4) is 0 Å². The summed E-state index contributed by atoms with van der Waals surface area (Å²) in [6.45, 7) is 0. The number of H-pyrrole nitrogens is 1. The summed E-state index contributed by atoms with van der Waals surface area (Å²) in [6.07, 6.45) is 1.67. The highest BCUT2D eigenvalue weighted by Gasteiger charge is 2.14. The maximum atomic E-state index is 12.6. The number of halogens is 1. The predicted molar refractivity (Wildman–Crippen MR) is 93.9 cm³/mol. The van der Waals surface area contributed by atoms with Crippen LogP contribution in [0.2, 0.25) is 5.02 Å². The SMILES string of the molecule is O=c1[nH]c(-c2ccccn2)nc2scc(-c3ccc(Cl)cc3)c12. The van der Waals surface area contributed by atoms with Crippen molar-refractivity contribution in [3.63, 3.8) is 0 Å². The second-order valence-electron chi connectivity index (χ2n) is 4.97. The van der Waals surface area contributed by atoms with Gasteiger partial charge in [-0.25, -0.2) is 4.98 Å². The normalized spacial score (nSPS) is 11.0. The first kappa shape index (κ1) is 14.1. The molecular formula is C17H10ClN3OS. The highest BCUT2D eigenvalue weighted by atomic mass is 35.5. The number of thiophene rings is 1. The van der Waals surface area contributed by atoms with Crippen LogP contribution in [0, 0.1) is 0 Å². The maximum Gasteiger partial charge on any atom is 0.260 e. The first-order chi connectivity index (χ1) is 11.2. The number of nitrogens with zero attached hydrogens (tertiary/aromatic N) is 2. The summed E-state index contributed by atoms with van der Waals surface area (Å²) in [6, 6.07) is 12.9. The van der Waals surface area contributed by atoms with E-state index in [1.807, 2.05) is 47.8 Å². The molecule has 1 N–H and O–H groups in total. The summed E-state index contributed by atoms with van der Waals surface area (Å²) in [5.74, 6) is 0.479. The molecule has 6 heteroatoms. The van der Waals surface area contributed by atoms with Gasteiger partial charge in [-0.15, -0.1) is 11.3 Å². The number of pyridine rings is 1. The third-order valence-electron chi connectivity index (χ3n) is 3.51. The summed E-state index contributed by atoms with van der Waals surface area (Å²) < 4.78 is 0. The van der Waals surface area contributed by atoms with Crippen molar-refractivity contribution >= 4 is 33.2 Å². The Morgan fingerprint density at radius 2 is 1.91 bits per heavy atom. The molecule has 0 aliphatic carbocycles. The molecule has 0 saturated carbocycles. The molecule has 0 saturated heterocycles. The Kier molecular flexibility index (Phi) is 3.44. The van der Waals surface area contributed by atoms with Crippen molar-refractivity contribution in [3.8, 4) is 22.6 Å². The molecule has 0 aliphatic heterocycles. The van der Waals surface area contributed by atoms with E-state index < -0.39 is 0 Å². The van der Waals surface area contributed by atoms with Crippen LogP contribution in [0.5, 0.6) is 0 Å². The third kappa shape index (κ3) is 2.54. The van der Waals surface area contributed by atoms with Crippen LogP contribution in [0.4, 0.5) is 0 Å². The average Bonchev–Trinajstić information content (AvgIpc) is 3.01. The van der Waals surface area contributed by atoms with Crippen molar-refractivity contribution in [1.29, 1.82) is 0 Å². The van der Waals surface area contributed by atoms with Crippen molar-refractivity contribution in [2.24, 2.45) is 0 Å². The number of rotatable bonds is 2. The zero-order valence-electron chi connectivity index (χ0n) is 11.8. The molecule has 3 aromatic heterocycles. The molecule has 4 aromatic rings. The van der Waals surface area contributed by atoms with Gasteiger partial charge in [0.25, 0.3) is 5.56 Å². The van der Waals surface area contributed by atoms with E-state index in [-0.39, 0.29) is 5.56 Å². The Morgan fingerprint density at radius 1 is 1.09 bits per heavy atom. The van der Waals surface area contributed by atoms with Gasteiger partial charge in [-0.3, -0.25) is 9.78 Å². The average molecular weight is 340 g/mol. The standard InChI is InChI=1S/C17H10ClN3OS/c18-11-6-4-10(5-7-11)12-9-23-17-14(12)16(22)20-15(21-17)13-3-1-2-8-19-13/h1-9H,(H,20,21,22). The lowest BCUT2D eigenvalue weighted by Crippen LogP contribution is -2.09. The van der Waals surface area contributed by atoms with Crippen LogP contribution in [0.25, 0.3) is 32.9 Å². The summed E-state index contributed by atoms with van der Waals surface area (Å²) in [5.41, 5.74) is 2.29. The molecule has 0 spiro atoms. The van der Waals surface area contributed by atoms with Crippen molar-refractivity contribution < 1.29 is 0 Å². The van der Waals surface area contributed by atoms with Gasteiger partial charge in [-0.1, -0.05) is 29.8 Å². The highest BCUT2D eigenvalue weighted by Crippen LogP contribution is 2.31. The van der Waals surface area contributed by atoms with Gasteiger partial charge < -0.3 is 4.98 Å². The zero-order valence-corrected chi connectivity index (χ0v) is 13.4. The van der Waals surface area contributed by atoms with Crippen molar-refractivity contribution in [2.75, 3.05) is 0 Å². The minimum atomic E-state index is -0.165. The summed E-state index contributed by atoms with van der Waals surface area (Å²) in [4.78, 5) is 24.8. The molecule has 0 unspecified atom stereocenters. The molecule has 0 amide bonds. The lowest BCUT2D eigenvalue weighted by atomic mass is 10.1. The Balaban J connectivity index is 1.91. The van der Waals surface area contributed by atoms with Crippen molar-refractivity contribution in [1.82, 2.24) is 15.0 Å². The van der Waals surface area contributed by atoms with E-state index in [1.165, 1.54) is 11.3 Å². The van der Waals surface area contributed by atoms with Crippen LogP contribution in [-0.2, 0) is 0 Å². The molecule has 0 aliphatic rings. The first-order valence-electron chi connectivity index (χ1n) is 6.91. The Bertz CT molecular complexity index is 1040. The maximum absolute atomic E-state index is 12.6. The topological polar surface area (TPSA) is 58.6 Å². The Morgan fingerprint density at radius 3 is 2.65 bits per heavy atom. The van der Waals surface area contributed by atoms with Gasteiger partial charge in [0.05, 0.1) is 5.39 Å². The van der Waals surface area contributed by atoms with Crippen LogP contribution in [0.15, 0.2) is 58.8 Å². The highest BCUT2D eigenvalue weighted by molar-refractivity contribution is 7.17. The molecule has 3 heterocycles. The van der Waals surface area contributed by atoms with Gasteiger partial charge in [-0.05, 0) is 29.8 Å². The fraction of sp³-hybridized carbons (Fsp3) is 0. The molecule has 0 atom stereocenters. The fourth-order valence-electron chi connectivity index (χ4n) is 2.41. The Hall–Kier alpha value is -2.50. The number of hydrogen-bond acceptors (Lipinski definition) is 4. The molecule has 1 aromatic carbocycles. The second-order valence-corrected chi connectivity index (χ2v) is 6.26. The van der Waals surface area contributed by atoms with E-state index in [0.717, 1.165) is 11.1 Å². The minimum absolute atomic E-state index is 0.165. The largest absolute Gasteiger partial charge is 0.305 e. The van der Waals surface area contributed by atoms with Gasteiger partial charge >= 0.3 is 0 Å². The summed E-state index contributed by atoms with van der Waals surface area (Å²) in [7, 11) is 0. The van der Waals surface area contributed by atoms with Crippen LogP contribution in [0.1, 0.15) is 0 Å². The lowest BCUT2D eigenvalue weighted by Gasteiger charge is -2.02. The molecular weight excluding hydrogens is 330 g/mol. The number of benzene rings is 1. The van der Waals surface area contributed by atoms with Crippen LogP contribution >= 0.6 is 22.9 Å². The molecule has 0 bridgehead atoms. The van der Waals surface area contributed by atoms with E-state index in [1.54, 1.807) is 6.20 Å². The lowest BCUT2D eigenvalue weighted by molar-refractivity contribution is 1.15. The predicted octanol–water partition coefficient (Wildman–Crippen LogP) is 4.37. The van der Waals surface area contributed by atoms with E-state index >= 15 is 0 Å². The minimum Gasteiger partial charge on any atom is -0.305 e. The number of aromatic nitrogens is 3.